The van der Waals surface area contributed by atoms with Crippen LogP contribution in [0.5, 0.6) is 0 Å². The fraction of sp³-hybridized carbons (Fsp3) is 0.366. The number of aliphatic hydroxyl groups is 1. The number of nitrogen functional groups attached to an aromatic ring is 1. The average molecular weight is 679 g/mol. The third-order valence-corrected chi connectivity index (χ3v) is 9.31. The van der Waals surface area contributed by atoms with Gasteiger partial charge in [0, 0.05) is 43.1 Å². The molecule has 4 aromatic carbocycles. The van der Waals surface area contributed by atoms with Crippen molar-refractivity contribution in [3.05, 3.63) is 125 Å². The summed E-state index contributed by atoms with van der Waals surface area (Å²) in [6, 6.07) is 33.4. The molecule has 264 valence electrons. The molecule has 1 aliphatic rings. The van der Waals surface area contributed by atoms with Crippen LogP contribution in [-0.4, -0.2) is 41.5 Å². The largest absolute Gasteiger partial charge is 0.397 e. The van der Waals surface area contributed by atoms with E-state index in [1.54, 1.807) is 12.1 Å². The monoisotopic (exact) mass is 678 g/mol. The normalized spacial score (nSPS) is 18.0. The molecular formula is C41H50N4O5. The van der Waals surface area contributed by atoms with Crippen molar-refractivity contribution in [2.24, 2.45) is 0 Å². The zero-order chi connectivity index (χ0) is 35.3. The van der Waals surface area contributed by atoms with Gasteiger partial charge in [0.15, 0.2) is 6.29 Å². The second-order valence-corrected chi connectivity index (χ2v) is 13.1. The van der Waals surface area contributed by atoms with Gasteiger partial charge in [0.1, 0.15) is 0 Å². The minimum Gasteiger partial charge on any atom is -0.397 e. The Kier molecular flexibility index (Phi) is 13.6. The van der Waals surface area contributed by atoms with Crippen LogP contribution in [0.3, 0.4) is 0 Å². The van der Waals surface area contributed by atoms with Crippen LogP contribution in [0, 0.1) is 0 Å². The number of carbonyl (C=O) groups is 2. The summed E-state index contributed by atoms with van der Waals surface area (Å²) in [4.78, 5) is 27.2. The summed E-state index contributed by atoms with van der Waals surface area (Å²) in [5.41, 5.74) is 11.8. The molecule has 2 amide bonds. The van der Waals surface area contributed by atoms with Gasteiger partial charge in [0.25, 0.3) is 0 Å². The van der Waals surface area contributed by atoms with E-state index in [-0.39, 0.29) is 36.7 Å². The number of hydrogen-bond acceptors (Lipinski definition) is 7. The molecule has 9 heteroatoms. The molecule has 0 aromatic heterocycles. The number of para-hydroxylation sites is 2. The SMILES string of the molecule is CC(c1ccccc1)N(C)CC1CC(c2ccc(CO)cc2)OC(c2ccc(NC(=O)CCCCCCC(=O)Nc3ccccc3N)cc2)O1. The van der Waals surface area contributed by atoms with E-state index >= 15 is 0 Å². The highest BCUT2D eigenvalue weighted by molar-refractivity contribution is 5.93. The Labute approximate surface area is 295 Å². The van der Waals surface area contributed by atoms with Crippen molar-refractivity contribution >= 4 is 28.9 Å². The van der Waals surface area contributed by atoms with E-state index in [1.165, 1.54) is 5.56 Å². The third-order valence-electron chi connectivity index (χ3n) is 9.31. The number of amides is 2. The molecule has 1 heterocycles. The first-order chi connectivity index (χ1) is 24.3. The third kappa shape index (κ3) is 10.7. The van der Waals surface area contributed by atoms with Gasteiger partial charge in [-0.05, 0) is 67.8 Å². The van der Waals surface area contributed by atoms with Crippen molar-refractivity contribution in [3.63, 3.8) is 0 Å². The topological polar surface area (TPSA) is 126 Å². The minimum atomic E-state index is -0.575. The van der Waals surface area contributed by atoms with Gasteiger partial charge in [0.2, 0.25) is 11.8 Å². The number of anilines is 3. The summed E-state index contributed by atoms with van der Waals surface area (Å²) in [5, 5.41) is 15.4. The van der Waals surface area contributed by atoms with Gasteiger partial charge in [-0.25, -0.2) is 0 Å². The van der Waals surface area contributed by atoms with E-state index in [0.717, 1.165) is 54.6 Å². The van der Waals surface area contributed by atoms with Gasteiger partial charge in [-0.3, -0.25) is 14.5 Å². The van der Waals surface area contributed by atoms with Gasteiger partial charge < -0.3 is 30.9 Å². The van der Waals surface area contributed by atoms with Crippen LogP contribution in [0.4, 0.5) is 17.1 Å². The number of unbranched alkanes of at least 4 members (excludes halogenated alkanes) is 3. The number of rotatable bonds is 16. The molecule has 4 atom stereocenters. The molecule has 0 spiro atoms. The first kappa shape index (κ1) is 36.7. The van der Waals surface area contributed by atoms with Crippen molar-refractivity contribution < 1.29 is 24.2 Å². The number of hydrogen-bond donors (Lipinski definition) is 4. The Morgan fingerprint density at radius 1 is 0.800 bits per heavy atom. The number of aliphatic hydroxyl groups excluding tert-OH is 1. The molecule has 0 radical (unpaired) electrons. The highest BCUT2D eigenvalue weighted by atomic mass is 16.7. The Morgan fingerprint density at radius 2 is 1.42 bits per heavy atom. The number of nitrogens with one attached hydrogen (secondary N) is 2. The molecule has 4 aromatic rings. The van der Waals surface area contributed by atoms with Crippen molar-refractivity contribution in [1.82, 2.24) is 4.90 Å². The molecule has 50 heavy (non-hydrogen) atoms. The standard InChI is InChI=1S/C41H50N4O5/c1-29(31-12-6-5-7-13-31)45(2)27-35-26-38(32-20-18-30(28-46)19-21-32)50-41(49-35)33-22-24-34(25-23-33)43-39(47)16-8-3-4-9-17-40(48)44-37-15-11-10-14-36(37)42/h5-7,10-15,18-25,29,35,38,41,46H,3-4,8-9,16-17,26-28,42H2,1-2H3,(H,43,47)(H,44,48). The van der Waals surface area contributed by atoms with Gasteiger partial charge in [-0.15, -0.1) is 0 Å². The van der Waals surface area contributed by atoms with Gasteiger partial charge in [-0.1, -0.05) is 91.7 Å². The van der Waals surface area contributed by atoms with E-state index in [9.17, 15) is 14.7 Å². The maximum Gasteiger partial charge on any atom is 0.224 e. The number of nitrogens with zero attached hydrogens (tertiary/aromatic N) is 1. The number of likely N-dealkylation sites (N-methyl/N-ethyl adjacent to an activating group) is 1. The van der Waals surface area contributed by atoms with Crippen LogP contribution in [0.1, 0.15) is 92.6 Å². The van der Waals surface area contributed by atoms with Gasteiger partial charge in [-0.2, -0.15) is 0 Å². The van der Waals surface area contributed by atoms with E-state index < -0.39 is 6.29 Å². The second-order valence-electron chi connectivity index (χ2n) is 13.1. The lowest BCUT2D eigenvalue weighted by molar-refractivity contribution is -0.253. The lowest BCUT2D eigenvalue weighted by Gasteiger charge is -2.39. The van der Waals surface area contributed by atoms with Crippen LogP contribution in [0.15, 0.2) is 103 Å². The summed E-state index contributed by atoms with van der Waals surface area (Å²) in [7, 11) is 2.12. The van der Waals surface area contributed by atoms with E-state index in [2.05, 4.69) is 53.8 Å². The molecule has 0 aliphatic carbocycles. The van der Waals surface area contributed by atoms with E-state index in [4.69, 9.17) is 15.2 Å². The fourth-order valence-corrected chi connectivity index (χ4v) is 6.19. The van der Waals surface area contributed by atoms with Crippen LogP contribution in [0.2, 0.25) is 0 Å². The zero-order valence-electron chi connectivity index (χ0n) is 29.1. The Bertz CT molecular complexity index is 1650. The molecule has 5 rings (SSSR count). The number of ether oxygens (including phenoxy) is 2. The van der Waals surface area contributed by atoms with Gasteiger partial charge >= 0.3 is 0 Å². The average Bonchev–Trinajstić information content (AvgIpc) is 3.14. The molecule has 1 aliphatic heterocycles. The smallest absolute Gasteiger partial charge is 0.224 e. The Hall–Kier alpha value is -4.54. The van der Waals surface area contributed by atoms with E-state index in [0.29, 0.717) is 30.6 Å². The van der Waals surface area contributed by atoms with E-state index in [1.807, 2.05) is 66.7 Å². The van der Waals surface area contributed by atoms with Crippen LogP contribution in [0.25, 0.3) is 0 Å². The highest BCUT2D eigenvalue weighted by Crippen LogP contribution is 2.39. The van der Waals surface area contributed by atoms with Crippen molar-refractivity contribution in [1.29, 1.82) is 0 Å². The molecule has 0 bridgehead atoms. The summed E-state index contributed by atoms with van der Waals surface area (Å²) >= 11 is 0. The van der Waals surface area contributed by atoms with Crippen molar-refractivity contribution in [2.75, 3.05) is 30.0 Å². The Balaban J connectivity index is 1.11. The maximum absolute atomic E-state index is 12.7. The zero-order valence-corrected chi connectivity index (χ0v) is 29.1. The summed E-state index contributed by atoms with van der Waals surface area (Å²) in [5.74, 6) is -0.0944. The lowest BCUT2D eigenvalue weighted by atomic mass is 9.99. The summed E-state index contributed by atoms with van der Waals surface area (Å²) < 4.78 is 13.1. The molecular weight excluding hydrogens is 628 g/mol. The maximum atomic E-state index is 12.7. The second kappa shape index (κ2) is 18.5. The predicted octanol–water partition coefficient (Wildman–Crippen LogP) is 7.92. The summed E-state index contributed by atoms with van der Waals surface area (Å²) in [6.07, 6.45) is 3.94. The van der Waals surface area contributed by atoms with Crippen molar-refractivity contribution in [3.8, 4) is 0 Å². The molecule has 0 saturated carbocycles. The molecule has 1 fully saturated rings. The first-order valence-electron chi connectivity index (χ1n) is 17.6. The molecule has 9 nitrogen and oxygen atoms in total. The molecule has 1 saturated heterocycles. The number of benzene rings is 4. The lowest BCUT2D eigenvalue weighted by Crippen LogP contribution is -2.38. The van der Waals surface area contributed by atoms with Gasteiger partial charge in [0.05, 0.1) is 30.2 Å². The molecule has 5 N–H and O–H groups in total. The quantitative estimate of drug-likeness (QED) is 0.0701. The fourth-order valence-electron chi connectivity index (χ4n) is 6.19. The predicted molar refractivity (Wildman–Crippen MR) is 198 cm³/mol. The first-order valence-corrected chi connectivity index (χ1v) is 17.6. The van der Waals surface area contributed by atoms with Crippen LogP contribution < -0.4 is 16.4 Å². The summed E-state index contributed by atoms with van der Waals surface area (Å²) in [6.45, 7) is 2.93. The van der Waals surface area contributed by atoms with Crippen LogP contribution >= 0.6 is 0 Å². The Morgan fingerprint density at radius 3 is 2.08 bits per heavy atom. The van der Waals surface area contributed by atoms with Crippen LogP contribution in [-0.2, 0) is 25.7 Å². The molecule has 4 unspecified atom stereocenters. The van der Waals surface area contributed by atoms with Crippen molar-refractivity contribution in [2.45, 2.75) is 83.0 Å². The number of nitrogens with two attached hydrogens (primary N) is 1. The highest BCUT2D eigenvalue weighted by Gasteiger charge is 2.33. The minimum absolute atomic E-state index is 0.00255. The number of carbonyl (C=O) groups excluding carboxylic acids is 2.